The van der Waals surface area contributed by atoms with Gasteiger partial charge >= 0.3 is 0 Å². The minimum Gasteiger partial charge on any atom is -0.493 e. The molecule has 0 heterocycles. The van der Waals surface area contributed by atoms with Gasteiger partial charge in [0.15, 0.2) is 11.5 Å². The maximum atomic E-state index is 5.32. The van der Waals surface area contributed by atoms with Gasteiger partial charge in [0, 0.05) is 4.83 Å². The smallest absolute Gasteiger partial charge is 0.160 e. The average Bonchev–Trinajstić information content (AvgIpc) is 2.38. The van der Waals surface area contributed by atoms with Crippen molar-refractivity contribution in [1.82, 2.24) is 0 Å². The fourth-order valence-corrected chi connectivity index (χ4v) is 2.96. The van der Waals surface area contributed by atoms with Crippen molar-refractivity contribution in [1.29, 1.82) is 0 Å². The molecule has 0 radical (unpaired) electrons. The number of halogens is 1. The molecule has 18 heavy (non-hydrogen) atoms. The largest absolute Gasteiger partial charge is 0.493 e. The van der Waals surface area contributed by atoms with E-state index in [2.05, 4.69) is 41.9 Å². The topological polar surface area (TPSA) is 18.5 Å². The van der Waals surface area contributed by atoms with Gasteiger partial charge < -0.3 is 9.47 Å². The average molecular weight is 315 g/mol. The molecule has 0 fully saturated rings. The van der Waals surface area contributed by atoms with Crippen molar-refractivity contribution >= 4 is 15.9 Å². The molecule has 0 saturated heterocycles. The van der Waals surface area contributed by atoms with Gasteiger partial charge in [-0.15, -0.1) is 0 Å². The van der Waals surface area contributed by atoms with Crippen LogP contribution in [-0.2, 0) is 6.42 Å². The second-order valence-electron chi connectivity index (χ2n) is 4.74. The summed E-state index contributed by atoms with van der Waals surface area (Å²) in [4.78, 5) is 0.519. The van der Waals surface area contributed by atoms with Gasteiger partial charge in [-0.2, -0.15) is 0 Å². The maximum Gasteiger partial charge on any atom is 0.160 e. The van der Waals surface area contributed by atoms with Crippen molar-refractivity contribution in [3.63, 3.8) is 0 Å². The van der Waals surface area contributed by atoms with Crippen LogP contribution >= 0.6 is 15.9 Å². The molecule has 1 aromatic rings. The lowest BCUT2D eigenvalue weighted by atomic mass is 9.99. The Hall–Kier alpha value is -0.700. The van der Waals surface area contributed by atoms with E-state index in [1.54, 1.807) is 14.2 Å². The minimum absolute atomic E-state index is 0.519. The van der Waals surface area contributed by atoms with Crippen molar-refractivity contribution in [2.75, 3.05) is 14.2 Å². The summed E-state index contributed by atoms with van der Waals surface area (Å²) in [6.07, 6.45) is 3.45. The lowest BCUT2D eigenvalue weighted by Crippen LogP contribution is -2.08. The molecule has 0 aromatic heterocycles. The molecule has 0 bridgehead atoms. The first kappa shape index (κ1) is 15.4. The van der Waals surface area contributed by atoms with Gasteiger partial charge in [-0.1, -0.05) is 42.3 Å². The standard InChI is InChI=1S/C15H23BrO2/c1-5-11(2)8-13(16)9-12-6-7-14(17-3)15(10-12)18-4/h6-7,10-11,13H,5,8-9H2,1-4H3. The van der Waals surface area contributed by atoms with Crippen LogP contribution in [0.15, 0.2) is 18.2 Å². The molecule has 1 rings (SSSR count). The highest BCUT2D eigenvalue weighted by Crippen LogP contribution is 2.29. The molecule has 0 aliphatic carbocycles. The molecule has 3 heteroatoms. The van der Waals surface area contributed by atoms with Gasteiger partial charge in [-0.25, -0.2) is 0 Å². The Labute approximate surface area is 119 Å². The van der Waals surface area contributed by atoms with Crippen LogP contribution in [0.3, 0.4) is 0 Å². The molecule has 0 aliphatic heterocycles. The minimum atomic E-state index is 0.519. The van der Waals surface area contributed by atoms with Crippen LogP contribution < -0.4 is 9.47 Å². The summed E-state index contributed by atoms with van der Waals surface area (Å²) >= 11 is 3.77. The van der Waals surface area contributed by atoms with Crippen molar-refractivity contribution in [2.45, 2.75) is 37.9 Å². The van der Waals surface area contributed by atoms with Crippen LogP contribution in [0.2, 0.25) is 0 Å². The third-order valence-electron chi connectivity index (χ3n) is 3.26. The third-order valence-corrected chi connectivity index (χ3v) is 3.96. The van der Waals surface area contributed by atoms with Crippen LogP contribution in [0.1, 0.15) is 32.3 Å². The molecular formula is C15H23BrO2. The van der Waals surface area contributed by atoms with E-state index >= 15 is 0 Å². The van der Waals surface area contributed by atoms with Crippen molar-refractivity contribution in [3.05, 3.63) is 23.8 Å². The Kier molecular flexibility index (Phi) is 6.55. The predicted molar refractivity (Wildman–Crippen MR) is 80.0 cm³/mol. The fourth-order valence-electron chi connectivity index (χ4n) is 1.95. The van der Waals surface area contributed by atoms with E-state index in [-0.39, 0.29) is 0 Å². The molecule has 2 atom stereocenters. The van der Waals surface area contributed by atoms with Crippen molar-refractivity contribution in [3.8, 4) is 11.5 Å². The van der Waals surface area contributed by atoms with Crippen LogP contribution in [0.5, 0.6) is 11.5 Å². The Morgan fingerprint density at radius 2 is 1.83 bits per heavy atom. The zero-order valence-corrected chi connectivity index (χ0v) is 13.3. The Balaban J connectivity index is 2.67. The molecule has 0 aliphatic rings. The summed E-state index contributed by atoms with van der Waals surface area (Å²) in [7, 11) is 3.33. The monoisotopic (exact) mass is 314 g/mol. The molecular weight excluding hydrogens is 292 g/mol. The summed E-state index contributed by atoms with van der Waals surface area (Å²) in [5.74, 6) is 2.35. The van der Waals surface area contributed by atoms with Crippen molar-refractivity contribution in [2.24, 2.45) is 5.92 Å². The highest BCUT2D eigenvalue weighted by molar-refractivity contribution is 9.09. The fraction of sp³-hybridized carbons (Fsp3) is 0.600. The molecule has 0 N–H and O–H groups in total. The first-order chi connectivity index (χ1) is 8.60. The lowest BCUT2D eigenvalue weighted by Gasteiger charge is -2.15. The first-order valence-electron chi connectivity index (χ1n) is 6.45. The Morgan fingerprint density at radius 1 is 1.17 bits per heavy atom. The van der Waals surface area contributed by atoms with E-state index in [0.717, 1.165) is 23.8 Å². The van der Waals surface area contributed by atoms with Crippen molar-refractivity contribution < 1.29 is 9.47 Å². The van der Waals surface area contributed by atoms with Gasteiger partial charge in [-0.05, 0) is 36.5 Å². The zero-order valence-electron chi connectivity index (χ0n) is 11.7. The number of methoxy groups -OCH3 is 2. The SMILES string of the molecule is CCC(C)CC(Br)Cc1ccc(OC)c(OC)c1. The van der Waals surface area contributed by atoms with Gasteiger partial charge in [0.1, 0.15) is 0 Å². The molecule has 0 spiro atoms. The van der Waals surface area contributed by atoms with E-state index in [4.69, 9.17) is 9.47 Å². The Morgan fingerprint density at radius 3 is 2.39 bits per heavy atom. The highest BCUT2D eigenvalue weighted by atomic mass is 79.9. The first-order valence-corrected chi connectivity index (χ1v) is 7.37. The van der Waals surface area contributed by atoms with Crippen LogP contribution in [0.4, 0.5) is 0 Å². The van der Waals surface area contributed by atoms with Crippen LogP contribution in [0, 0.1) is 5.92 Å². The molecule has 102 valence electrons. The van der Waals surface area contributed by atoms with Crippen LogP contribution in [-0.4, -0.2) is 19.0 Å². The summed E-state index contributed by atoms with van der Waals surface area (Å²) in [6.45, 7) is 4.53. The van der Waals surface area contributed by atoms with Gasteiger partial charge in [0.2, 0.25) is 0 Å². The van der Waals surface area contributed by atoms with Crippen LogP contribution in [0.25, 0.3) is 0 Å². The second kappa shape index (κ2) is 7.67. The number of rotatable bonds is 7. The van der Waals surface area contributed by atoms with E-state index in [9.17, 15) is 0 Å². The molecule has 2 nitrogen and oxygen atoms in total. The predicted octanol–water partition coefficient (Wildman–Crippen LogP) is 4.45. The Bertz CT molecular complexity index is 366. The summed E-state index contributed by atoms with van der Waals surface area (Å²) in [5, 5.41) is 0. The van der Waals surface area contributed by atoms with Gasteiger partial charge in [-0.3, -0.25) is 0 Å². The maximum absolute atomic E-state index is 5.32. The number of alkyl halides is 1. The normalized spacial score (nSPS) is 14.1. The molecule has 1 aromatic carbocycles. The lowest BCUT2D eigenvalue weighted by molar-refractivity contribution is 0.354. The molecule has 2 unspecified atom stereocenters. The van der Waals surface area contributed by atoms with E-state index in [0.29, 0.717) is 4.83 Å². The number of hydrogen-bond donors (Lipinski definition) is 0. The van der Waals surface area contributed by atoms with E-state index in [1.165, 1.54) is 18.4 Å². The number of hydrogen-bond acceptors (Lipinski definition) is 2. The van der Waals surface area contributed by atoms with Gasteiger partial charge in [0.25, 0.3) is 0 Å². The van der Waals surface area contributed by atoms with E-state index < -0.39 is 0 Å². The third kappa shape index (κ3) is 4.52. The summed E-state index contributed by atoms with van der Waals surface area (Å²) < 4.78 is 10.6. The molecule has 0 saturated carbocycles. The highest BCUT2D eigenvalue weighted by Gasteiger charge is 2.11. The van der Waals surface area contributed by atoms with E-state index in [1.807, 2.05) is 6.07 Å². The molecule has 0 amide bonds. The summed E-state index contributed by atoms with van der Waals surface area (Å²) in [5.41, 5.74) is 1.28. The number of ether oxygens (including phenoxy) is 2. The van der Waals surface area contributed by atoms with Gasteiger partial charge in [0.05, 0.1) is 14.2 Å². The number of benzene rings is 1. The second-order valence-corrected chi connectivity index (χ2v) is 6.03. The summed E-state index contributed by atoms with van der Waals surface area (Å²) in [6, 6.07) is 6.13. The quantitative estimate of drug-likeness (QED) is 0.692. The zero-order chi connectivity index (χ0) is 13.5.